The van der Waals surface area contributed by atoms with Gasteiger partial charge in [0.2, 0.25) is 0 Å². The van der Waals surface area contributed by atoms with Crippen LogP contribution in [0.15, 0.2) is 97.1 Å². The van der Waals surface area contributed by atoms with E-state index < -0.39 is 11.9 Å². The van der Waals surface area contributed by atoms with Crippen molar-refractivity contribution in [2.45, 2.75) is 13.8 Å². The topological polar surface area (TPSA) is 52.6 Å². The Morgan fingerprint density at radius 1 is 0.556 bits per heavy atom. The smallest absolute Gasteiger partial charge is 0.339 e. The van der Waals surface area contributed by atoms with Gasteiger partial charge in [-0.25, -0.2) is 9.59 Å². The number of fused-ring (bicyclic) bond motifs is 2. The summed E-state index contributed by atoms with van der Waals surface area (Å²) >= 11 is 0. The molecule has 178 valence electrons. The summed E-state index contributed by atoms with van der Waals surface area (Å²) in [6, 6.07) is 31.6. The van der Waals surface area contributed by atoms with E-state index in [1.807, 2.05) is 97.1 Å². The SMILES string of the molecule is CCOC(=O)c1c2ccc(-c3ccccc3)ccc-2c(C(=O)OCC)c1-c1cccc2ccccc12. The summed E-state index contributed by atoms with van der Waals surface area (Å²) < 4.78 is 11.0. The van der Waals surface area contributed by atoms with Crippen LogP contribution < -0.4 is 0 Å². The monoisotopic (exact) mass is 474 g/mol. The second-order valence-electron chi connectivity index (χ2n) is 8.41. The lowest BCUT2D eigenvalue weighted by atomic mass is 9.94. The molecule has 0 unspecified atom stereocenters. The molecule has 0 heterocycles. The zero-order valence-corrected chi connectivity index (χ0v) is 20.3. The standard InChI is InChI=1S/C32H26O4/c1-3-35-31(33)29-26-19-17-22(21-11-6-5-7-12-21)18-20-27(26)30(32(34)36-4-2)28(29)25-16-10-14-23-13-8-9-15-24(23)25/h5-20H,3-4H2,1-2H3. The second kappa shape index (κ2) is 10.0. The normalized spacial score (nSPS) is 10.9. The highest BCUT2D eigenvalue weighted by Crippen LogP contribution is 2.45. The van der Waals surface area contributed by atoms with E-state index in [0.29, 0.717) is 27.8 Å². The lowest BCUT2D eigenvalue weighted by Crippen LogP contribution is -2.08. The van der Waals surface area contributed by atoms with Crippen LogP contribution in [0.4, 0.5) is 0 Å². The number of ether oxygens (including phenoxy) is 2. The van der Waals surface area contributed by atoms with Crippen LogP contribution in [-0.2, 0) is 9.47 Å². The van der Waals surface area contributed by atoms with Crippen molar-refractivity contribution in [1.29, 1.82) is 0 Å². The van der Waals surface area contributed by atoms with Crippen molar-refractivity contribution in [1.82, 2.24) is 0 Å². The van der Waals surface area contributed by atoms with E-state index in [1.165, 1.54) is 0 Å². The molecule has 0 saturated heterocycles. The van der Waals surface area contributed by atoms with Crippen LogP contribution in [0, 0.1) is 0 Å². The van der Waals surface area contributed by atoms with Crippen LogP contribution in [0.2, 0.25) is 0 Å². The fraction of sp³-hybridized carbons (Fsp3) is 0.125. The van der Waals surface area contributed by atoms with E-state index in [-0.39, 0.29) is 13.2 Å². The van der Waals surface area contributed by atoms with E-state index in [2.05, 4.69) is 0 Å². The summed E-state index contributed by atoms with van der Waals surface area (Å²) in [4.78, 5) is 26.9. The first-order valence-corrected chi connectivity index (χ1v) is 12.1. The first kappa shape index (κ1) is 23.3. The minimum Gasteiger partial charge on any atom is -0.462 e. The molecule has 0 saturated carbocycles. The first-order chi connectivity index (χ1) is 17.6. The van der Waals surface area contributed by atoms with E-state index in [0.717, 1.165) is 27.5 Å². The van der Waals surface area contributed by atoms with Gasteiger partial charge in [-0.3, -0.25) is 0 Å². The van der Waals surface area contributed by atoms with Gasteiger partial charge in [-0.05, 0) is 52.4 Å². The van der Waals surface area contributed by atoms with E-state index in [1.54, 1.807) is 13.8 Å². The van der Waals surface area contributed by atoms with Gasteiger partial charge in [-0.2, -0.15) is 0 Å². The van der Waals surface area contributed by atoms with Gasteiger partial charge in [0, 0.05) is 5.56 Å². The first-order valence-electron chi connectivity index (χ1n) is 12.1. The predicted octanol–water partition coefficient (Wildman–Crippen LogP) is 7.63. The molecule has 0 radical (unpaired) electrons. The Morgan fingerprint density at radius 2 is 1.08 bits per heavy atom. The molecule has 3 aromatic carbocycles. The number of hydrogen-bond acceptors (Lipinski definition) is 4. The molecule has 2 aliphatic rings. The average Bonchev–Trinajstić information content (AvgIpc) is 3.08. The Morgan fingerprint density at radius 3 is 1.69 bits per heavy atom. The van der Waals surface area contributed by atoms with Gasteiger partial charge in [0.15, 0.2) is 0 Å². The Hall–Kier alpha value is -4.44. The highest BCUT2D eigenvalue weighted by molar-refractivity contribution is 6.19. The fourth-order valence-electron chi connectivity index (χ4n) is 4.78. The third-order valence-electron chi connectivity index (χ3n) is 6.31. The van der Waals surface area contributed by atoms with Crippen LogP contribution >= 0.6 is 0 Å². The lowest BCUT2D eigenvalue weighted by Gasteiger charge is -2.11. The Bertz CT molecular complexity index is 1470. The van der Waals surface area contributed by atoms with Gasteiger partial charge in [-0.15, -0.1) is 0 Å². The third kappa shape index (κ3) is 4.11. The molecule has 0 bridgehead atoms. The predicted molar refractivity (Wildman–Crippen MR) is 143 cm³/mol. The zero-order valence-electron chi connectivity index (χ0n) is 20.3. The number of benzene rings is 3. The number of hydrogen-bond donors (Lipinski definition) is 0. The minimum atomic E-state index is -0.464. The molecule has 4 heteroatoms. The molecule has 2 aliphatic carbocycles. The molecule has 0 aliphatic heterocycles. The summed E-state index contributed by atoms with van der Waals surface area (Å²) in [5, 5.41) is 1.96. The molecule has 0 fully saturated rings. The Balaban J connectivity index is 1.89. The van der Waals surface area contributed by atoms with Crippen LogP contribution in [-0.4, -0.2) is 25.2 Å². The van der Waals surface area contributed by atoms with Crippen molar-refractivity contribution in [2.24, 2.45) is 0 Å². The quantitative estimate of drug-likeness (QED) is 0.237. The number of esters is 2. The van der Waals surface area contributed by atoms with Gasteiger partial charge in [0.05, 0.1) is 24.3 Å². The second-order valence-corrected chi connectivity index (χ2v) is 8.41. The Kier molecular flexibility index (Phi) is 6.50. The average molecular weight is 475 g/mol. The molecule has 36 heavy (non-hydrogen) atoms. The highest BCUT2D eigenvalue weighted by atomic mass is 16.5. The molecular weight excluding hydrogens is 448 g/mol. The van der Waals surface area contributed by atoms with Crippen molar-refractivity contribution in [2.75, 3.05) is 13.2 Å². The van der Waals surface area contributed by atoms with Crippen LogP contribution in [0.25, 0.3) is 44.2 Å². The molecule has 0 aromatic heterocycles. The van der Waals surface area contributed by atoms with Crippen molar-refractivity contribution >= 4 is 22.7 Å². The summed E-state index contributed by atoms with van der Waals surface area (Å²) in [6.07, 6.45) is 0. The maximum absolute atomic E-state index is 13.5. The number of rotatable bonds is 6. The largest absolute Gasteiger partial charge is 0.462 e. The van der Waals surface area contributed by atoms with Crippen LogP contribution in [0.1, 0.15) is 34.6 Å². The van der Waals surface area contributed by atoms with Crippen LogP contribution in [0.3, 0.4) is 0 Å². The molecular formula is C32H26O4. The summed E-state index contributed by atoms with van der Waals surface area (Å²) in [6.45, 7) is 4.01. The molecule has 0 atom stereocenters. The van der Waals surface area contributed by atoms with Crippen molar-refractivity contribution in [3.8, 4) is 33.4 Å². The van der Waals surface area contributed by atoms with Crippen LogP contribution in [0.5, 0.6) is 0 Å². The van der Waals surface area contributed by atoms with E-state index in [4.69, 9.17) is 9.47 Å². The molecule has 4 nitrogen and oxygen atoms in total. The van der Waals surface area contributed by atoms with E-state index >= 15 is 0 Å². The van der Waals surface area contributed by atoms with Gasteiger partial charge in [0.1, 0.15) is 0 Å². The van der Waals surface area contributed by atoms with Gasteiger partial charge in [0.25, 0.3) is 0 Å². The summed E-state index contributed by atoms with van der Waals surface area (Å²) in [7, 11) is 0. The lowest BCUT2D eigenvalue weighted by molar-refractivity contribution is 0.0525. The Labute approximate surface area is 210 Å². The van der Waals surface area contributed by atoms with Gasteiger partial charge in [-0.1, -0.05) is 97.1 Å². The molecule has 0 amide bonds. The molecule has 0 N–H and O–H groups in total. The van der Waals surface area contributed by atoms with Crippen molar-refractivity contribution in [3.05, 3.63) is 108 Å². The maximum Gasteiger partial charge on any atom is 0.339 e. The highest BCUT2D eigenvalue weighted by Gasteiger charge is 2.33. The van der Waals surface area contributed by atoms with E-state index in [9.17, 15) is 9.59 Å². The molecule has 0 spiro atoms. The summed E-state index contributed by atoms with van der Waals surface area (Å²) in [5.74, 6) is -0.929. The maximum atomic E-state index is 13.5. The fourth-order valence-corrected chi connectivity index (χ4v) is 4.78. The summed E-state index contributed by atoms with van der Waals surface area (Å²) in [5.41, 5.74) is 5.42. The zero-order chi connectivity index (χ0) is 25.1. The number of carbonyl (C=O) groups is 2. The van der Waals surface area contributed by atoms with Crippen molar-refractivity contribution < 1.29 is 19.1 Å². The minimum absolute atomic E-state index is 0.226. The van der Waals surface area contributed by atoms with Gasteiger partial charge < -0.3 is 9.47 Å². The molecule has 5 rings (SSSR count). The number of carbonyl (C=O) groups excluding carboxylic acids is 2. The van der Waals surface area contributed by atoms with Gasteiger partial charge >= 0.3 is 11.9 Å². The third-order valence-corrected chi connectivity index (χ3v) is 6.31. The van der Waals surface area contributed by atoms with Crippen molar-refractivity contribution in [3.63, 3.8) is 0 Å². The molecule has 3 aromatic rings.